The molecule has 1 rings (SSSR count). The number of aromatic nitrogens is 1. The van der Waals surface area contributed by atoms with Gasteiger partial charge in [-0.25, -0.2) is 9.78 Å². The summed E-state index contributed by atoms with van der Waals surface area (Å²) in [5.74, 6) is -1.10. The van der Waals surface area contributed by atoms with Crippen molar-refractivity contribution in [1.82, 2.24) is 4.98 Å². The smallest absolute Gasteiger partial charge is 0.336 e. The molecule has 0 saturated carbocycles. The molecule has 1 heterocycles. The minimum absolute atomic E-state index is 0.0245. The Morgan fingerprint density at radius 1 is 1.71 bits per heavy atom. The summed E-state index contributed by atoms with van der Waals surface area (Å²) in [6.45, 7) is 0. The molecule has 0 saturated heterocycles. The largest absolute Gasteiger partial charge is 0.478 e. The van der Waals surface area contributed by atoms with E-state index in [2.05, 4.69) is 4.98 Å². The van der Waals surface area contributed by atoms with Crippen LogP contribution in [0, 0.1) is 11.3 Å². The lowest BCUT2D eigenvalue weighted by Gasteiger charge is -1.99. The highest BCUT2D eigenvalue weighted by atomic mass is 35.5. The molecule has 1 N–H and O–H groups in total. The standard InChI is InChI=1S/C9H5ClN2O2/c10-8-4-7(9(13)14)6(5-12-8)2-1-3-11/h1-2,4-5H,(H,13,14). The van der Waals surface area contributed by atoms with Gasteiger partial charge in [0.2, 0.25) is 0 Å². The number of aromatic carboxylic acids is 1. The van der Waals surface area contributed by atoms with E-state index < -0.39 is 5.97 Å². The lowest BCUT2D eigenvalue weighted by Crippen LogP contribution is -2.00. The SMILES string of the molecule is N#CC=Cc1cnc(Cl)cc1C(=O)O. The molecule has 0 aromatic carbocycles. The van der Waals surface area contributed by atoms with Gasteiger partial charge in [-0.15, -0.1) is 0 Å². The summed E-state index contributed by atoms with van der Waals surface area (Å²) in [5, 5.41) is 17.2. The number of nitriles is 1. The second-order valence-corrected chi connectivity index (χ2v) is 2.75. The Morgan fingerprint density at radius 3 is 3.00 bits per heavy atom. The van der Waals surface area contributed by atoms with Gasteiger partial charge in [0.25, 0.3) is 0 Å². The molecule has 5 heteroatoms. The van der Waals surface area contributed by atoms with Crippen LogP contribution in [0.25, 0.3) is 6.08 Å². The van der Waals surface area contributed by atoms with Crippen LogP contribution in [-0.4, -0.2) is 16.1 Å². The first kappa shape index (κ1) is 10.2. The van der Waals surface area contributed by atoms with Crippen molar-refractivity contribution in [1.29, 1.82) is 5.26 Å². The normalized spacial score (nSPS) is 10.0. The zero-order chi connectivity index (χ0) is 10.6. The minimum Gasteiger partial charge on any atom is -0.478 e. The van der Waals surface area contributed by atoms with Gasteiger partial charge in [-0.05, 0) is 12.1 Å². The van der Waals surface area contributed by atoms with Gasteiger partial charge >= 0.3 is 5.97 Å². The molecular formula is C9H5ClN2O2. The Hall–Kier alpha value is -1.86. The van der Waals surface area contributed by atoms with E-state index in [-0.39, 0.29) is 10.7 Å². The Kier molecular flexibility index (Phi) is 3.21. The van der Waals surface area contributed by atoms with Gasteiger partial charge in [-0.2, -0.15) is 5.26 Å². The monoisotopic (exact) mass is 208 g/mol. The number of allylic oxidation sites excluding steroid dienone is 1. The van der Waals surface area contributed by atoms with E-state index in [9.17, 15) is 4.79 Å². The summed E-state index contributed by atoms with van der Waals surface area (Å²) in [7, 11) is 0. The van der Waals surface area contributed by atoms with E-state index in [1.807, 2.05) is 0 Å². The van der Waals surface area contributed by atoms with Crippen LogP contribution in [-0.2, 0) is 0 Å². The van der Waals surface area contributed by atoms with Crippen LogP contribution in [0.5, 0.6) is 0 Å². The number of hydrogen-bond acceptors (Lipinski definition) is 3. The number of carboxylic acids is 1. The summed E-state index contributed by atoms with van der Waals surface area (Å²) >= 11 is 5.53. The number of carbonyl (C=O) groups is 1. The van der Waals surface area contributed by atoms with E-state index in [0.717, 1.165) is 0 Å². The first-order valence-electron chi connectivity index (χ1n) is 3.60. The van der Waals surface area contributed by atoms with Crippen molar-refractivity contribution < 1.29 is 9.90 Å². The van der Waals surface area contributed by atoms with Crippen molar-refractivity contribution in [2.45, 2.75) is 0 Å². The fraction of sp³-hybridized carbons (Fsp3) is 0. The summed E-state index contributed by atoms with van der Waals surface area (Å²) in [4.78, 5) is 14.5. The third-order valence-corrected chi connectivity index (χ3v) is 1.68. The van der Waals surface area contributed by atoms with Gasteiger partial charge < -0.3 is 5.11 Å². The summed E-state index contributed by atoms with van der Waals surface area (Å²) in [6.07, 6.45) is 3.85. The molecule has 0 radical (unpaired) electrons. The Bertz CT molecular complexity index is 435. The molecule has 0 spiro atoms. The summed E-state index contributed by atoms with van der Waals surface area (Å²) in [5.41, 5.74) is 0.375. The zero-order valence-corrected chi connectivity index (χ0v) is 7.69. The maximum atomic E-state index is 10.7. The van der Waals surface area contributed by atoms with E-state index in [1.54, 1.807) is 6.07 Å². The molecule has 14 heavy (non-hydrogen) atoms. The molecule has 0 bridgehead atoms. The lowest BCUT2D eigenvalue weighted by atomic mass is 10.1. The third kappa shape index (κ3) is 2.31. The topological polar surface area (TPSA) is 74.0 Å². The number of rotatable bonds is 2. The molecular weight excluding hydrogens is 204 g/mol. The average molecular weight is 209 g/mol. The number of hydrogen-bond donors (Lipinski definition) is 1. The first-order valence-corrected chi connectivity index (χ1v) is 3.98. The van der Waals surface area contributed by atoms with Gasteiger partial charge in [0, 0.05) is 17.8 Å². The predicted molar refractivity (Wildman–Crippen MR) is 50.9 cm³/mol. The van der Waals surface area contributed by atoms with Gasteiger partial charge in [0.15, 0.2) is 0 Å². The number of pyridine rings is 1. The molecule has 0 amide bonds. The van der Waals surface area contributed by atoms with Crippen LogP contribution < -0.4 is 0 Å². The first-order chi connectivity index (χ1) is 6.65. The van der Waals surface area contributed by atoms with Crippen molar-refractivity contribution in [3.8, 4) is 6.07 Å². The second-order valence-electron chi connectivity index (χ2n) is 2.36. The van der Waals surface area contributed by atoms with E-state index in [0.29, 0.717) is 5.56 Å². The van der Waals surface area contributed by atoms with Crippen molar-refractivity contribution in [2.24, 2.45) is 0 Å². The Labute approximate surface area is 85.1 Å². The highest BCUT2D eigenvalue weighted by Gasteiger charge is 2.08. The van der Waals surface area contributed by atoms with E-state index in [1.165, 1.54) is 24.4 Å². The van der Waals surface area contributed by atoms with Gasteiger partial charge in [0.05, 0.1) is 11.6 Å². The number of nitrogens with zero attached hydrogens (tertiary/aromatic N) is 2. The summed E-state index contributed by atoms with van der Waals surface area (Å²) < 4.78 is 0. The average Bonchev–Trinajstić information content (AvgIpc) is 2.15. The fourth-order valence-corrected chi connectivity index (χ4v) is 1.04. The van der Waals surface area contributed by atoms with Crippen LogP contribution in [0.1, 0.15) is 15.9 Å². The Balaban J connectivity index is 3.23. The van der Waals surface area contributed by atoms with Crippen LogP contribution >= 0.6 is 11.6 Å². The lowest BCUT2D eigenvalue weighted by molar-refractivity contribution is 0.0696. The molecule has 0 aliphatic carbocycles. The molecule has 0 atom stereocenters. The van der Waals surface area contributed by atoms with Crippen molar-refractivity contribution in [3.05, 3.63) is 34.6 Å². The molecule has 0 aliphatic rings. The molecule has 70 valence electrons. The van der Waals surface area contributed by atoms with E-state index >= 15 is 0 Å². The van der Waals surface area contributed by atoms with Gasteiger partial charge in [0.1, 0.15) is 5.15 Å². The summed E-state index contributed by atoms with van der Waals surface area (Å²) in [6, 6.07) is 3.00. The van der Waals surface area contributed by atoms with Gasteiger partial charge in [-0.3, -0.25) is 0 Å². The quantitative estimate of drug-likeness (QED) is 0.596. The molecule has 0 aliphatic heterocycles. The molecule has 0 unspecified atom stereocenters. The maximum Gasteiger partial charge on any atom is 0.336 e. The predicted octanol–water partition coefficient (Wildman–Crippen LogP) is 1.97. The van der Waals surface area contributed by atoms with E-state index in [4.69, 9.17) is 22.0 Å². The van der Waals surface area contributed by atoms with Crippen molar-refractivity contribution >= 4 is 23.6 Å². The van der Waals surface area contributed by atoms with Crippen LogP contribution in [0.2, 0.25) is 5.15 Å². The fourth-order valence-electron chi connectivity index (χ4n) is 0.886. The molecule has 1 aromatic rings. The van der Waals surface area contributed by atoms with Crippen LogP contribution in [0.15, 0.2) is 18.3 Å². The van der Waals surface area contributed by atoms with Crippen LogP contribution in [0.4, 0.5) is 0 Å². The molecule has 1 aromatic heterocycles. The third-order valence-electron chi connectivity index (χ3n) is 1.47. The highest BCUT2D eigenvalue weighted by Crippen LogP contribution is 2.14. The molecule has 4 nitrogen and oxygen atoms in total. The highest BCUT2D eigenvalue weighted by molar-refractivity contribution is 6.29. The van der Waals surface area contributed by atoms with Gasteiger partial charge in [-0.1, -0.05) is 11.6 Å². The minimum atomic E-state index is -1.10. The number of halogens is 1. The van der Waals surface area contributed by atoms with Crippen LogP contribution in [0.3, 0.4) is 0 Å². The second kappa shape index (κ2) is 4.40. The maximum absolute atomic E-state index is 10.7. The van der Waals surface area contributed by atoms with Crippen molar-refractivity contribution in [3.63, 3.8) is 0 Å². The number of carboxylic acid groups (broad SMARTS) is 1. The van der Waals surface area contributed by atoms with Crippen molar-refractivity contribution in [2.75, 3.05) is 0 Å². The molecule has 0 fully saturated rings. The Morgan fingerprint density at radius 2 is 2.43 bits per heavy atom. The zero-order valence-electron chi connectivity index (χ0n) is 6.94.